The summed E-state index contributed by atoms with van der Waals surface area (Å²) < 4.78 is 1.72. The van der Waals surface area contributed by atoms with E-state index in [4.69, 9.17) is 0 Å². The second-order valence-corrected chi connectivity index (χ2v) is 9.83. The lowest BCUT2D eigenvalue weighted by atomic mass is 10.1. The quantitative estimate of drug-likeness (QED) is 0.308. The lowest BCUT2D eigenvalue weighted by Gasteiger charge is -2.09. The molecule has 3 aromatic heterocycles. The number of hydrogen-bond acceptors (Lipinski definition) is 4. The average molecular weight is 474 g/mol. The summed E-state index contributed by atoms with van der Waals surface area (Å²) in [7, 11) is 1.84. The van der Waals surface area contributed by atoms with Crippen molar-refractivity contribution in [3.05, 3.63) is 69.2 Å². The summed E-state index contributed by atoms with van der Waals surface area (Å²) in [5.74, 6) is 0.863. The van der Waals surface area contributed by atoms with Crippen molar-refractivity contribution in [2.45, 2.75) is 39.5 Å². The first-order chi connectivity index (χ1) is 16.3. The van der Waals surface area contributed by atoms with Gasteiger partial charge in [0.1, 0.15) is 5.82 Å². The Hall–Kier alpha value is -3.65. The molecule has 0 unspecified atom stereocenters. The van der Waals surface area contributed by atoms with Crippen LogP contribution < -0.4 is 10.6 Å². The molecule has 1 aliphatic carbocycles. The van der Waals surface area contributed by atoms with Gasteiger partial charge in [-0.3, -0.25) is 14.3 Å². The fourth-order valence-electron chi connectivity index (χ4n) is 4.07. The smallest absolute Gasteiger partial charge is 0.257 e. The van der Waals surface area contributed by atoms with E-state index in [1.54, 1.807) is 22.1 Å². The molecule has 2 amide bonds. The first-order valence-corrected chi connectivity index (χ1v) is 12.2. The molecular weight excluding hydrogens is 446 g/mol. The molecule has 0 saturated heterocycles. The minimum absolute atomic E-state index is 0.159. The van der Waals surface area contributed by atoms with Crippen LogP contribution in [-0.2, 0) is 11.8 Å². The standard InChI is InChI=1S/C26H27N5O2S/c1-14(2)24(26(33)28-22-13-34-12-15(22)3)21-10-18-9-17(7-8-19(18)27-21)25(32)29-23-11-20(16-5-6-16)30-31(23)4/h7-13,16,27H,5-6H2,1-4H3,(H,28,33)(H,29,32). The maximum atomic E-state index is 13.1. The number of benzene rings is 1. The Labute approximate surface area is 201 Å². The molecule has 5 rings (SSSR count). The fourth-order valence-corrected chi connectivity index (χ4v) is 4.85. The number of hydrogen-bond donors (Lipinski definition) is 3. The molecule has 1 saturated carbocycles. The van der Waals surface area contributed by atoms with Crippen LogP contribution in [0.15, 0.2) is 46.7 Å². The van der Waals surface area contributed by atoms with Crippen LogP contribution in [0.5, 0.6) is 0 Å². The van der Waals surface area contributed by atoms with Crippen molar-refractivity contribution in [3.63, 3.8) is 0 Å². The number of amides is 2. The summed E-state index contributed by atoms with van der Waals surface area (Å²) in [5.41, 5.74) is 6.52. The van der Waals surface area contributed by atoms with Gasteiger partial charge in [-0.15, -0.1) is 11.3 Å². The molecule has 0 atom stereocenters. The molecule has 7 nitrogen and oxygen atoms in total. The van der Waals surface area contributed by atoms with Gasteiger partial charge in [-0.1, -0.05) is 5.57 Å². The number of H-pyrrole nitrogens is 1. The molecule has 4 aromatic rings. The Kier molecular flexibility index (Phi) is 5.61. The zero-order valence-electron chi connectivity index (χ0n) is 19.7. The molecule has 0 radical (unpaired) electrons. The van der Waals surface area contributed by atoms with Gasteiger partial charge in [0, 0.05) is 40.9 Å². The molecule has 3 N–H and O–H groups in total. The molecule has 34 heavy (non-hydrogen) atoms. The number of anilines is 2. The third-order valence-corrected chi connectivity index (χ3v) is 6.98. The second kappa shape index (κ2) is 8.61. The highest BCUT2D eigenvalue weighted by atomic mass is 32.1. The van der Waals surface area contributed by atoms with Crippen LogP contribution in [0.1, 0.15) is 59.9 Å². The van der Waals surface area contributed by atoms with E-state index in [2.05, 4.69) is 20.7 Å². The van der Waals surface area contributed by atoms with E-state index in [0.29, 0.717) is 22.9 Å². The van der Waals surface area contributed by atoms with Crippen LogP contribution >= 0.6 is 11.3 Å². The zero-order valence-corrected chi connectivity index (χ0v) is 20.5. The van der Waals surface area contributed by atoms with E-state index >= 15 is 0 Å². The highest BCUT2D eigenvalue weighted by molar-refractivity contribution is 7.08. The normalized spacial score (nSPS) is 13.2. The van der Waals surface area contributed by atoms with E-state index in [0.717, 1.165) is 52.0 Å². The van der Waals surface area contributed by atoms with Crippen molar-refractivity contribution in [1.29, 1.82) is 0 Å². The summed E-state index contributed by atoms with van der Waals surface area (Å²) in [6.45, 7) is 5.81. The number of carbonyl (C=O) groups is 2. The van der Waals surface area contributed by atoms with Gasteiger partial charge in [0.25, 0.3) is 11.8 Å². The van der Waals surface area contributed by atoms with E-state index in [9.17, 15) is 9.59 Å². The van der Waals surface area contributed by atoms with Crippen LogP contribution in [0, 0.1) is 6.92 Å². The van der Waals surface area contributed by atoms with E-state index in [1.165, 1.54) is 0 Å². The first kappa shape index (κ1) is 22.2. The highest BCUT2D eigenvalue weighted by Gasteiger charge is 2.27. The Morgan fingerprint density at radius 3 is 2.59 bits per heavy atom. The third kappa shape index (κ3) is 4.28. The number of nitrogens with one attached hydrogen (secondary N) is 3. The molecule has 1 fully saturated rings. The van der Waals surface area contributed by atoms with Crippen molar-refractivity contribution >= 4 is 51.1 Å². The molecular formula is C26H27N5O2S. The van der Waals surface area contributed by atoms with Crippen LogP contribution in [0.3, 0.4) is 0 Å². The number of allylic oxidation sites excluding steroid dienone is 1. The summed E-state index contributed by atoms with van der Waals surface area (Å²) >= 11 is 1.56. The number of aromatic nitrogens is 3. The number of nitrogens with zero attached hydrogens (tertiary/aromatic N) is 2. The van der Waals surface area contributed by atoms with Crippen LogP contribution in [0.2, 0.25) is 0 Å². The number of fused-ring (bicyclic) bond motifs is 1. The number of thiophene rings is 1. The monoisotopic (exact) mass is 473 g/mol. The Bertz CT molecular complexity index is 1450. The summed E-state index contributed by atoms with van der Waals surface area (Å²) in [5, 5.41) is 15.3. The molecule has 8 heteroatoms. The van der Waals surface area contributed by atoms with Gasteiger partial charge >= 0.3 is 0 Å². The second-order valence-electron chi connectivity index (χ2n) is 9.09. The fraction of sp³-hybridized carbons (Fsp3) is 0.269. The predicted molar refractivity (Wildman–Crippen MR) is 137 cm³/mol. The van der Waals surface area contributed by atoms with Gasteiger partial charge in [-0.25, -0.2) is 0 Å². The molecule has 174 valence electrons. The SMILES string of the molecule is CC(C)=C(C(=O)Nc1cscc1C)c1cc2cc(C(=O)Nc3cc(C4CC4)nn3C)ccc2[nH]1. The van der Waals surface area contributed by atoms with Crippen molar-refractivity contribution in [3.8, 4) is 0 Å². The maximum absolute atomic E-state index is 13.1. The van der Waals surface area contributed by atoms with Crippen LogP contribution in [0.25, 0.3) is 16.5 Å². The summed E-state index contributed by atoms with van der Waals surface area (Å²) in [6, 6.07) is 9.37. The molecule has 0 aliphatic heterocycles. The Morgan fingerprint density at radius 2 is 1.91 bits per heavy atom. The summed E-state index contributed by atoms with van der Waals surface area (Å²) in [6.07, 6.45) is 2.32. The van der Waals surface area contributed by atoms with Gasteiger partial charge in [0.2, 0.25) is 0 Å². The van der Waals surface area contributed by atoms with Crippen molar-refractivity contribution < 1.29 is 9.59 Å². The van der Waals surface area contributed by atoms with E-state index in [1.807, 2.05) is 62.8 Å². The molecule has 1 aromatic carbocycles. The molecule has 3 heterocycles. The van der Waals surface area contributed by atoms with Gasteiger partial charge < -0.3 is 15.6 Å². The number of carbonyl (C=O) groups excluding carboxylic acids is 2. The van der Waals surface area contributed by atoms with Crippen molar-refractivity contribution in [2.75, 3.05) is 10.6 Å². The van der Waals surface area contributed by atoms with Gasteiger partial charge in [0.15, 0.2) is 0 Å². The predicted octanol–water partition coefficient (Wildman–Crippen LogP) is 5.83. The highest BCUT2D eigenvalue weighted by Crippen LogP contribution is 2.40. The summed E-state index contributed by atoms with van der Waals surface area (Å²) in [4.78, 5) is 29.4. The van der Waals surface area contributed by atoms with E-state index < -0.39 is 0 Å². The number of aromatic amines is 1. The lowest BCUT2D eigenvalue weighted by molar-refractivity contribution is -0.111. The van der Waals surface area contributed by atoms with Gasteiger partial charge in [-0.05, 0) is 68.8 Å². The van der Waals surface area contributed by atoms with Crippen molar-refractivity contribution in [2.24, 2.45) is 7.05 Å². The number of rotatable bonds is 6. The van der Waals surface area contributed by atoms with E-state index in [-0.39, 0.29) is 11.8 Å². The molecule has 0 spiro atoms. The minimum atomic E-state index is -0.192. The van der Waals surface area contributed by atoms with Crippen LogP contribution in [0.4, 0.5) is 11.5 Å². The van der Waals surface area contributed by atoms with Gasteiger partial charge in [0.05, 0.1) is 22.6 Å². The minimum Gasteiger partial charge on any atom is -0.354 e. The number of aryl methyl sites for hydroxylation is 2. The molecule has 0 bridgehead atoms. The van der Waals surface area contributed by atoms with Gasteiger partial charge in [-0.2, -0.15) is 5.10 Å². The molecule has 1 aliphatic rings. The van der Waals surface area contributed by atoms with Crippen molar-refractivity contribution in [1.82, 2.24) is 14.8 Å². The Balaban J connectivity index is 1.39. The topological polar surface area (TPSA) is 91.8 Å². The first-order valence-electron chi connectivity index (χ1n) is 11.3. The average Bonchev–Trinajstić information content (AvgIpc) is 3.29. The zero-order chi connectivity index (χ0) is 24.0. The van der Waals surface area contributed by atoms with Crippen LogP contribution in [-0.4, -0.2) is 26.6 Å². The maximum Gasteiger partial charge on any atom is 0.257 e. The largest absolute Gasteiger partial charge is 0.354 e. The lowest BCUT2D eigenvalue weighted by Crippen LogP contribution is -2.15. The Morgan fingerprint density at radius 1 is 1.12 bits per heavy atom. The third-order valence-electron chi connectivity index (χ3n) is 6.12.